The molecule has 0 radical (unpaired) electrons. The molecule has 0 unspecified atom stereocenters. The lowest BCUT2D eigenvalue weighted by atomic mass is 10.1. The summed E-state index contributed by atoms with van der Waals surface area (Å²) in [6, 6.07) is 13.7. The molecular formula is C15H16Br2Si2. The van der Waals surface area contributed by atoms with Crippen molar-refractivity contribution >= 4 is 50.9 Å². The van der Waals surface area contributed by atoms with E-state index in [4.69, 9.17) is 0 Å². The minimum Gasteiger partial charge on any atom is -0.0740 e. The Labute approximate surface area is 135 Å². The lowest BCUT2D eigenvalue weighted by Gasteiger charge is -2.29. The number of rotatable bonds is 2. The lowest BCUT2D eigenvalue weighted by Crippen LogP contribution is -2.36. The first kappa shape index (κ1) is 13.8. The first-order valence-corrected chi connectivity index (χ1v) is 12.6. The fourth-order valence-corrected chi connectivity index (χ4v) is 8.87. The topological polar surface area (TPSA) is 0 Å². The fraction of sp³-hybridized carbons (Fsp3) is 0.200. The summed E-state index contributed by atoms with van der Waals surface area (Å²) in [5, 5.41) is 0. The van der Waals surface area contributed by atoms with Gasteiger partial charge in [-0.3, -0.25) is 0 Å². The number of halogens is 2. The Balaban J connectivity index is 2.38. The predicted octanol–water partition coefficient (Wildman–Crippen LogP) is 3.83. The van der Waals surface area contributed by atoms with Crippen LogP contribution in [0.3, 0.4) is 0 Å². The summed E-state index contributed by atoms with van der Waals surface area (Å²) in [6.45, 7) is 4.94. The summed E-state index contributed by atoms with van der Waals surface area (Å²) >= 11 is 7.31. The van der Waals surface area contributed by atoms with Gasteiger partial charge in [0.1, 0.15) is 0 Å². The van der Waals surface area contributed by atoms with Gasteiger partial charge in [-0.1, -0.05) is 57.1 Å². The lowest BCUT2D eigenvalue weighted by molar-refractivity contribution is 1.05. The van der Waals surface area contributed by atoms with Crippen LogP contribution in [0.1, 0.15) is 11.1 Å². The molecule has 0 saturated heterocycles. The van der Waals surface area contributed by atoms with Crippen molar-refractivity contribution < 1.29 is 0 Å². The summed E-state index contributed by atoms with van der Waals surface area (Å²) in [6.07, 6.45) is 0. The van der Waals surface area contributed by atoms with Crippen molar-refractivity contribution in [2.24, 2.45) is 0 Å². The molecule has 0 bridgehead atoms. The normalized spacial score (nSPS) is 16.4. The van der Waals surface area contributed by atoms with Crippen LogP contribution < -0.4 is 0 Å². The van der Waals surface area contributed by atoms with Crippen molar-refractivity contribution in [1.29, 1.82) is 0 Å². The van der Waals surface area contributed by atoms with Crippen LogP contribution in [0.25, 0.3) is 11.1 Å². The largest absolute Gasteiger partial charge is 0.0740 e. The molecule has 98 valence electrons. The Bertz CT molecular complexity index is 595. The highest BCUT2D eigenvalue weighted by atomic mass is 79.9. The molecule has 0 saturated carbocycles. The van der Waals surface area contributed by atoms with Gasteiger partial charge >= 0.3 is 0 Å². The van der Waals surface area contributed by atoms with Crippen LogP contribution in [0.15, 0.2) is 45.3 Å². The highest BCUT2D eigenvalue weighted by Crippen LogP contribution is 2.49. The third kappa shape index (κ3) is 1.95. The van der Waals surface area contributed by atoms with Gasteiger partial charge in [0.2, 0.25) is 0 Å². The zero-order chi connectivity index (χ0) is 13.6. The van der Waals surface area contributed by atoms with Crippen LogP contribution in [0.4, 0.5) is 0 Å². The fourth-order valence-electron chi connectivity index (χ4n) is 3.45. The van der Waals surface area contributed by atoms with E-state index < -0.39 is 0 Å². The third-order valence-corrected chi connectivity index (χ3v) is 12.4. The second-order valence-electron chi connectivity index (χ2n) is 5.17. The molecule has 0 fully saturated rings. The molecule has 1 aliphatic carbocycles. The number of fused-ring (bicyclic) bond motifs is 3. The summed E-state index contributed by atoms with van der Waals surface area (Å²) in [5.74, 6) is 0. The first-order valence-electron chi connectivity index (χ1n) is 6.73. The highest BCUT2D eigenvalue weighted by Gasteiger charge is 2.40. The molecular weight excluding hydrogens is 396 g/mol. The second-order valence-corrected chi connectivity index (χ2v) is 11.8. The molecule has 2 aromatic carbocycles. The van der Waals surface area contributed by atoms with Crippen molar-refractivity contribution in [3.8, 4) is 11.1 Å². The number of benzene rings is 2. The summed E-state index contributed by atoms with van der Waals surface area (Å²) in [5.41, 5.74) is 6.13. The molecule has 19 heavy (non-hydrogen) atoms. The van der Waals surface area contributed by atoms with E-state index in [-0.39, 0.29) is 19.0 Å². The van der Waals surface area contributed by atoms with E-state index in [0.29, 0.717) is 4.66 Å². The molecule has 0 amide bonds. The number of hydrogen-bond donors (Lipinski definition) is 0. The summed E-state index contributed by atoms with van der Waals surface area (Å²) < 4.78 is 2.87. The van der Waals surface area contributed by atoms with Crippen molar-refractivity contribution in [3.05, 3.63) is 56.5 Å². The third-order valence-electron chi connectivity index (χ3n) is 4.49. The van der Waals surface area contributed by atoms with E-state index in [1.165, 1.54) is 20.1 Å². The van der Waals surface area contributed by atoms with Gasteiger partial charge in [0.15, 0.2) is 0 Å². The quantitative estimate of drug-likeness (QED) is 0.658. The average Bonchev–Trinajstić information content (AvgIpc) is 2.67. The maximum absolute atomic E-state index is 3.66. The van der Waals surface area contributed by atoms with Gasteiger partial charge in [-0.15, -0.1) is 0 Å². The standard InChI is InChI=1S/C15H16Br2Si2/c1-18-15(19-2)13-7-9(16)3-5-11(13)12-6-4-10(17)8-14(12)15/h3-8H,18-19H2,1-2H3. The van der Waals surface area contributed by atoms with E-state index in [0.717, 1.165) is 0 Å². The van der Waals surface area contributed by atoms with Crippen LogP contribution in [0.5, 0.6) is 0 Å². The van der Waals surface area contributed by atoms with Crippen molar-refractivity contribution in [1.82, 2.24) is 0 Å². The maximum Gasteiger partial charge on any atom is 0.0309 e. The molecule has 0 spiro atoms. The van der Waals surface area contributed by atoms with Crippen LogP contribution in [-0.2, 0) is 4.66 Å². The van der Waals surface area contributed by atoms with Crippen molar-refractivity contribution in [2.45, 2.75) is 17.8 Å². The number of hydrogen-bond acceptors (Lipinski definition) is 0. The highest BCUT2D eigenvalue weighted by molar-refractivity contribution is 9.10. The molecule has 0 aromatic heterocycles. The van der Waals surface area contributed by atoms with E-state index in [9.17, 15) is 0 Å². The molecule has 0 nitrogen and oxygen atoms in total. The Morgan fingerprint density at radius 2 is 1.21 bits per heavy atom. The second kappa shape index (κ2) is 4.99. The molecule has 3 rings (SSSR count). The van der Waals surface area contributed by atoms with Crippen LogP contribution in [-0.4, -0.2) is 19.0 Å². The Morgan fingerprint density at radius 3 is 1.58 bits per heavy atom. The molecule has 2 aromatic rings. The van der Waals surface area contributed by atoms with Crippen molar-refractivity contribution in [2.75, 3.05) is 0 Å². The molecule has 0 aliphatic heterocycles. The smallest absolute Gasteiger partial charge is 0.0309 e. The maximum atomic E-state index is 3.66. The minimum absolute atomic E-state index is 0.146. The van der Waals surface area contributed by atoms with E-state index in [2.05, 4.69) is 81.4 Å². The van der Waals surface area contributed by atoms with Crippen LogP contribution in [0, 0.1) is 0 Å². The predicted molar refractivity (Wildman–Crippen MR) is 96.9 cm³/mol. The van der Waals surface area contributed by atoms with Gasteiger partial charge in [-0.2, -0.15) is 0 Å². The van der Waals surface area contributed by atoms with Gasteiger partial charge in [0, 0.05) is 28.0 Å². The molecule has 4 heteroatoms. The SMILES string of the molecule is C[SiH2]C1([SiH2]C)c2cc(Br)ccc2-c2ccc(Br)cc21. The average molecular weight is 412 g/mol. The van der Waals surface area contributed by atoms with Gasteiger partial charge in [-0.25, -0.2) is 0 Å². The molecule has 0 heterocycles. The first-order chi connectivity index (χ1) is 9.12. The van der Waals surface area contributed by atoms with Gasteiger partial charge < -0.3 is 0 Å². The molecule has 0 atom stereocenters. The van der Waals surface area contributed by atoms with Crippen LogP contribution >= 0.6 is 31.9 Å². The Hall–Kier alpha value is -0.166. The van der Waals surface area contributed by atoms with E-state index in [1.54, 1.807) is 11.1 Å². The summed E-state index contributed by atoms with van der Waals surface area (Å²) in [7, 11) is -0.291. The van der Waals surface area contributed by atoms with Gasteiger partial charge in [0.25, 0.3) is 0 Å². The van der Waals surface area contributed by atoms with E-state index >= 15 is 0 Å². The zero-order valence-corrected chi connectivity index (χ0v) is 17.1. The minimum atomic E-state index is -0.146. The zero-order valence-electron chi connectivity index (χ0n) is 11.1. The Kier molecular flexibility index (Phi) is 3.62. The van der Waals surface area contributed by atoms with Crippen molar-refractivity contribution in [3.63, 3.8) is 0 Å². The van der Waals surface area contributed by atoms with E-state index in [1.807, 2.05) is 0 Å². The Morgan fingerprint density at radius 1 is 0.789 bits per heavy atom. The summed E-state index contributed by atoms with van der Waals surface area (Å²) in [4.78, 5) is 0. The van der Waals surface area contributed by atoms with Gasteiger partial charge in [-0.05, 0) is 51.2 Å². The monoisotopic (exact) mass is 410 g/mol. The molecule has 0 N–H and O–H groups in total. The van der Waals surface area contributed by atoms with Crippen LogP contribution in [0.2, 0.25) is 13.1 Å². The van der Waals surface area contributed by atoms with Gasteiger partial charge in [0.05, 0.1) is 0 Å². The molecule has 1 aliphatic rings.